The molecule has 1 aromatic rings. The Hall–Kier alpha value is -1.04. The van der Waals surface area contributed by atoms with Gasteiger partial charge in [0.05, 0.1) is 5.25 Å². The molecule has 0 aromatic carbocycles. The van der Waals surface area contributed by atoms with Crippen LogP contribution in [0.4, 0.5) is 0 Å². The van der Waals surface area contributed by atoms with Crippen molar-refractivity contribution in [3.8, 4) is 0 Å². The molecular weight excluding hydrogens is 250 g/mol. The van der Waals surface area contributed by atoms with Gasteiger partial charge < -0.3 is 9.73 Å². The summed E-state index contributed by atoms with van der Waals surface area (Å²) >= 11 is 1.32. The molecule has 0 saturated heterocycles. The summed E-state index contributed by atoms with van der Waals surface area (Å²) in [5, 5.41) is 11.1. The Balaban J connectivity index is 1.81. The van der Waals surface area contributed by atoms with E-state index in [2.05, 4.69) is 29.4 Å². The minimum Gasteiger partial charge on any atom is -0.416 e. The van der Waals surface area contributed by atoms with Crippen LogP contribution in [0.3, 0.4) is 0 Å². The number of hydrogen-bond donors (Lipinski definition) is 1. The number of aromatic nitrogens is 2. The van der Waals surface area contributed by atoms with Crippen LogP contribution in [0, 0.1) is 5.92 Å². The first-order chi connectivity index (χ1) is 8.56. The molecule has 0 unspecified atom stereocenters. The predicted molar refractivity (Wildman–Crippen MR) is 69.4 cm³/mol. The van der Waals surface area contributed by atoms with E-state index in [4.69, 9.17) is 4.42 Å². The zero-order valence-electron chi connectivity index (χ0n) is 11.0. The molecule has 1 heterocycles. The summed E-state index contributed by atoms with van der Waals surface area (Å²) in [6.45, 7) is 6.68. The van der Waals surface area contributed by atoms with Crippen molar-refractivity contribution >= 4 is 17.7 Å². The summed E-state index contributed by atoms with van der Waals surface area (Å²) in [6, 6.07) is 0. The smallest absolute Gasteiger partial charge is 0.277 e. The quantitative estimate of drug-likeness (QED) is 0.802. The van der Waals surface area contributed by atoms with E-state index in [0.29, 0.717) is 29.5 Å². The molecule has 6 heteroatoms. The SMILES string of the molecule is CC(C)CNC(=O)[C@@H](C)Sc1nnc(C2CC2)o1. The number of nitrogens with zero attached hydrogens (tertiary/aromatic N) is 2. The maximum atomic E-state index is 11.8. The van der Waals surface area contributed by atoms with Crippen LogP contribution < -0.4 is 5.32 Å². The first-order valence-corrected chi connectivity index (χ1v) is 7.22. The minimum absolute atomic E-state index is 0.0138. The first kappa shape index (κ1) is 13.4. The summed E-state index contributed by atoms with van der Waals surface area (Å²) < 4.78 is 5.51. The van der Waals surface area contributed by atoms with E-state index in [9.17, 15) is 4.79 Å². The van der Waals surface area contributed by atoms with Crippen LogP contribution in [0.25, 0.3) is 0 Å². The van der Waals surface area contributed by atoms with Gasteiger partial charge in [-0.25, -0.2) is 0 Å². The van der Waals surface area contributed by atoms with Crippen LogP contribution in [0.5, 0.6) is 0 Å². The highest BCUT2D eigenvalue weighted by Gasteiger charge is 2.30. The van der Waals surface area contributed by atoms with Gasteiger partial charge in [0.25, 0.3) is 5.22 Å². The molecule has 100 valence electrons. The summed E-state index contributed by atoms with van der Waals surface area (Å²) in [7, 11) is 0. The Morgan fingerprint density at radius 2 is 2.17 bits per heavy atom. The van der Waals surface area contributed by atoms with E-state index in [1.807, 2.05) is 6.92 Å². The highest BCUT2D eigenvalue weighted by Crippen LogP contribution is 2.40. The molecule has 2 rings (SSSR count). The zero-order valence-corrected chi connectivity index (χ0v) is 11.8. The van der Waals surface area contributed by atoms with Gasteiger partial charge in [0, 0.05) is 12.5 Å². The lowest BCUT2D eigenvalue weighted by Gasteiger charge is -2.11. The van der Waals surface area contributed by atoms with Gasteiger partial charge in [-0.1, -0.05) is 25.6 Å². The number of rotatable bonds is 6. The average Bonchev–Trinajstić information content (AvgIpc) is 3.07. The number of carbonyl (C=O) groups is 1. The van der Waals surface area contributed by atoms with E-state index in [0.717, 1.165) is 12.8 Å². The molecule has 1 amide bonds. The van der Waals surface area contributed by atoms with Crippen molar-refractivity contribution < 1.29 is 9.21 Å². The Bertz CT molecular complexity index is 415. The molecule has 0 radical (unpaired) electrons. The Labute approximate surface area is 111 Å². The summed E-state index contributed by atoms with van der Waals surface area (Å²) in [6.07, 6.45) is 2.27. The summed E-state index contributed by atoms with van der Waals surface area (Å²) in [5.74, 6) is 1.64. The number of hydrogen-bond acceptors (Lipinski definition) is 5. The lowest BCUT2D eigenvalue weighted by atomic mass is 10.2. The van der Waals surface area contributed by atoms with Gasteiger partial charge in [-0.05, 0) is 25.7 Å². The topological polar surface area (TPSA) is 68.0 Å². The van der Waals surface area contributed by atoms with E-state index < -0.39 is 0 Å². The monoisotopic (exact) mass is 269 g/mol. The van der Waals surface area contributed by atoms with Crippen molar-refractivity contribution in [2.24, 2.45) is 5.92 Å². The third-order valence-electron chi connectivity index (χ3n) is 2.68. The van der Waals surface area contributed by atoms with E-state index in [-0.39, 0.29) is 11.2 Å². The Morgan fingerprint density at radius 1 is 1.44 bits per heavy atom. The standard InChI is InChI=1S/C12H19N3O2S/c1-7(2)6-13-10(16)8(3)18-12-15-14-11(17-12)9-4-5-9/h7-9H,4-6H2,1-3H3,(H,13,16)/t8-/m1/s1. The first-order valence-electron chi connectivity index (χ1n) is 6.34. The molecule has 1 N–H and O–H groups in total. The molecule has 0 bridgehead atoms. The number of amides is 1. The van der Waals surface area contributed by atoms with Crippen LogP contribution >= 0.6 is 11.8 Å². The van der Waals surface area contributed by atoms with Crippen LogP contribution in [0.1, 0.15) is 45.4 Å². The van der Waals surface area contributed by atoms with Crippen molar-refractivity contribution in [1.29, 1.82) is 0 Å². The second-order valence-electron chi connectivity index (χ2n) is 5.08. The molecule has 1 saturated carbocycles. The Kier molecular flexibility index (Phi) is 4.27. The van der Waals surface area contributed by atoms with E-state index in [1.165, 1.54) is 11.8 Å². The lowest BCUT2D eigenvalue weighted by molar-refractivity contribution is -0.120. The largest absolute Gasteiger partial charge is 0.416 e. The van der Waals surface area contributed by atoms with E-state index in [1.54, 1.807) is 0 Å². The van der Waals surface area contributed by atoms with Gasteiger partial charge >= 0.3 is 0 Å². The van der Waals surface area contributed by atoms with Crippen LogP contribution in [0.2, 0.25) is 0 Å². The molecule has 1 aliphatic rings. The molecule has 18 heavy (non-hydrogen) atoms. The highest BCUT2D eigenvalue weighted by atomic mass is 32.2. The minimum atomic E-state index is -0.212. The summed E-state index contributed by atoms with van der Waals surface area (Å²) in [4.78, 5) is 11.8. The molecule has 5 nitrogen and oxygen atoms in total. The van der Waals surface area contributed by atoms with Gasteiger partial charge in [0.1, 0.15) is 0 Å². The number of nitrogens with one attached hydrogen (secondary N) is 1. The van der Waals surface area contributed by atoms with Crippen molar-refractivity contribution in [3.05, 3.63) is 5.89 Å². The molecule has 0 aliphatic heterocycles. The average molecular weight is 269 g/mol. The summed E-state index contributed by atoms with van der Waals surface area (Å²) in [5.41, 5.74) is 0. The third kappa shape index (κ3) is 3.73. The van der Waals surface area contributed by atoms with Crippen molar-refractivity contribution in [2.45, 2.75) is 50.0 Å². The maximum Gasteiger partial charge on any atom is 0.277 e. The molecule has 1 aromatic heterocycles. The molecule has 1 atom stereocenters. The third-order valence-corrected chi connectivity index (χ3v) is 3.61. The van der Waals surface area contributed by atoms with Crippen molar-refractivity contribution in [1.82, 2.24) is 15.5 Å². The van der Waals surface area contributed by atoms with Gasteiger partial charge in [0.2, 0.25) is 11.8 Å². The normalized spacial score (nSPS) is 16.9. The zero-order chi connectivity index (χ0) is 13.1. The fourth-order valence-electron chi connectivity index (χ4n) is 1.42. The van der Waals surface area contributed by atoms with Crippen molar-refractivity contribution in [2.75, 3.05) is 6.54 Å². The fourth-order valence-corrected chi connectivity index (χ4v) is 2.13. The second kappa shape index (κ2) is 5.73. The Morgan fingerprint density at radius 3 is 2.78 bits per heavy atom. The lowest BCUT2D eigenvalue weighted by Crippen LogP contribution is -2.33. The molecule has 0 spiro atoms. The van der Waals surface area contributed by atoms with Crippen LogP contribution in [-0.4, -0.2) is 27.9 Å². The van der Waals surface area contributed by atoms with E-state index >= 15 is 0 Å². The highest BCUT2D eigenvalue weighted by molar-refractivity contribution is 8.00. The van der Waals surface area contributed by atoms with Crippen LogP contribution in [0.15, 0.2) is 9.64 Å². The fraction of sp³-hybridized carbons (Fsp3) is 0.750. The maximum absolute atomic E-state index is 11.8. The predicted octanol–water partition coefficient (Wildman–Crippen LogP) is 2.20. The van der Waals surface area contributed by atoms with Crippen LogP contribution in [-0.2, 0) is 4.79 Å². The molecular formula is C12H19N3O2S. The molecule has 1 aliphatic carbocycles. The van der Waals surface area contributed by atoms with Gasteiger partial charge in [-0.15, -0.1) is 10.2 Å². The molecule has 1 fully saturated rings. The van der Waals surface area contributed by atoms with Gasteiger partial charge in [-0.2, -0.15) is 0 Å². The number of thioether (sulfide) groups is 1. The number of carbonyl (C=O) groups excluding carboxylic acids is 1. The van der Waals surface area contributed by atoms with Crippen molar-refractivity contribution in [3.63, 3.8) is 0 Å². The van der Waals surface area contributed by atoms with Gasteiger partial charge in [-0.3, -0.25) is 4.79 Å². The second-order valence-corrected chi connectivity index (χ2v) is 6.37. The van der Waals surface area contributed by atoms with Gasteiger partial charge in [0.15, 0.2) is 0 Å².